The van der Waals surface area contributed by atoms with E-state index in [4.69, 9.17) is 9.15 Å². The van der Waals surface area contributed by atoms with Crippen LogP contribution in [0.25, 0.3) is 33.6 Å². The van der Waals surface area contributed by atoms with Gasteiger partial charge in [-0.05, 0) is 81.6 Å². The number of hydrogen-bond donors (Lipinski definition) is 2. The number of benzene rings is 2. The first kappa shape index (κ1) is 35.1. The standard InChI is InChI=1S/C33H36F3N3O4.C2H6/c1-6-7-17-42-23-13-11-20(12-14-23)28-27(30(41)37-5)25-19-24(26(38-31(25)43-28)15-16-33(34,35)36)21-9-8-10-22(18-21)29(40)39-32(2,3)4;1-2/h8-14,18-19H,6-7,15-17H2,1-5H3,(H,37,41)(H,39,40);1-2H3. The number of alkyl halides is 3. The maximum atomic E-state index is 13.3. The molecule has 2 amide bonds. The molecule has 2 N–H and O–H groups in total. The molecule has 0 aliphatic heterocycles. The quantitative estimate of drug-likeness (QED) is 0.172. The average Bonchev–Trinajstić information content (AvgIpc) is 3.38. The van der Waals surface area contributed by atoms with Gasteiger partial charge in [0.1, 0.15) is 11.5 Å². The molecule has 0 spiro atoms. The number of fused-ring (bicyclic) bond motifs is 1. The molecular formula is C35H42F3N3O4. The minimum Gasteiger partial charge on any atom is -0.494 e. The maximum Gasteiger partial charge on any atom is 0.389 e. The van der Waals surface area contributed by atoms with E-state index in [1.807, 2.05) is 34.6 Å². The molecule has 4 aromatic rings. The number of nitrogens with zero attached hydrogens (tertiary/aromatic N) is 1. The van der Waals surface area contributed by atoms with Crippen LogP contribution in [0.15, 0.2) is 59.0 Å². The summed E-state index contributed by atoms with van der Waals surface area (Å²) in [4.78, 5) is 30.6. The third-order valence-corrected chi connectivity index (χ3v) is 6.67. The molecule has 4 rings (SSSR count). The van der Waals surface area contributed by atoms with Crippen LogP contribution in [0.4, 0.5) is 13.2 Å². The Morgan fingerprint density at radius 3 is 2.24 bits per heavy atom. The zero-order chi connectivity index (χ0) is 33.4. The second-order valence-electron chi connectivity index (χ2n) is 11.3. The van der Waals surface area contributed by atoms with Gasteiger partial charge in [-0.25, -0.2) is 4.98 Å². The number of nitrogens with one attached hydrogen (secondary N) is 2. The molecule has 0 radical (unpaired) electrons. The van der Waals surface area contributed by atoms with E-state index in [0.717, 1.165) is 12.8 Å². The van der Waals surface area contributed by atoms with Gasteiger partial charge < -0.3 is 19.8 Å². The number of halogens is 3. The first-order chi connectivity index (χ1) is 21.3. The summed E-state index contributed by atoms with van der Waals surface area (Å²) >= 11 is 0. The Balaban J connectivity index is 0.00000271. The summed E-state index contributed by atoms with van der Waals surface area (Å²) in [6.45, 7) is 12.2. The van der Waals surface area contributed by atoms with E-state index >= 15 is 0 Å². The normalized spacial score (nSPS) is 11.5. The Bertz CT molecular complexity index is 1600. The molecule has 7 nitrogen and oxygen atoms in total. The molecule has 0 bridgehead atoms. The molecule has 2 aromatic carbocycles. The van der Waals surface area contributed by atoms with Gasteiger partial charge in [0.25, 0.3) is 11.8 Å². The van der Waals surface area contributed by atoms with E-state index in [2.05, 4.69) is 22.5 Å². The molecular weight excluding hydrogens is 583 g/mol. The number of carbonyl (C=O) groups excluding carboxylic acids is 2. The molecule has 45 heavy (non-hydrogen) atoms. The fraction of sp³-hybridized carbons (Fsp3) is 0.400. The second-order valence-corrected chi connectivity index (χ2v) is 11.3. The number of unbranched alkanes of at least 4 members (excludes halogenated alkanes) is 1. The topological polar surface area (TPSA) is 93.5 Å². The summed E-state index contributed by atoms with van der Waals surface area (Å²) in [6, 6.07) is 15.3. The van der Waals surface area contributed by atoms with Gasteiger partial charge in [0.2, 0.25) is 5.71 Å². The molecule has 0 atom stereocenters. The molecule has 0 saturated carbocycles. The smallest absolute Gasteiger partial charge is 0.389 e. The van der Waals surface area contributed by atoms with Gasteiger partial charge in [0.05, 0.1) is 23.3 Å². The molecule has 0 aliphatic rings. The Morgan fingerprint density at radius 2 is 1.64 bits per heavy atom. The van der Waals surface area contributed by atoms with E-state index < -0.39 is 30.5 Å². The second kappa shape index (κ2) is 15.1. The van der Waals surface area contributed by atoms with Crippen LogP contribution in [0.5, 0.6) is 5.75 Å². The highest BCUT2D eigenvalue weighted by atomic mass is 19.4. The van der Waals surface area contributed by atoms with Crippen molar-refractivity contribution in [3.8, 4) is 28.2 Å². The number of aromatic nitrogens is 1. The van der Waals surface area contributed by atoms with Crippen molar-refractivity contribution in [2.24, 2.45) is 0 Å². The zero-order valence-electron chi connectivity index (χ0n) is 26.9. The lowest BCUT2D eigenvalue weighted by Crippen LogP contribution is -2.40. The summed E-state index contributed by atoms with van der Waals surface area (Å²) in [5, 5.41) is 5.86. The Morgan fingerprint density at radius 1 is 0.956 bits per heavy atom. The van der Waals surface area contributed by atoms with Gasteiger partial charge in [0.15, 0.2) is 0 Å². The first-order valence-corrected chi connectivity index (χ1v) is 15.2. The predicted molar refractivity (Wildman–Crippen MR) is 172 cm³/mol. The molecule has 242 valence electrons. The number of furan rings is 1. The van der Waals surface area contributed by atoms with Gasteiger partial charge in [-0.15, -0.1) is 0 Å². The summed E-state index contributed by atoms with van der Waals surface area (Å²) in [5.41, 5.74) is 1.69. The van der Waals surface area contributed by atoms with Gasteiger partial charge in [-0.2, -0.15) is 13.2 Å². The number of rotatable bonds is 10. The van der Waals surface area contributed by atoms with Crippen molar-refractivity contribution >= 4 is 22.9 Å². The fourth-order valence-corrected chi connectivity index (χ4v) is 4.59. The van der Waals surface area contributed by atoms with Crippen molar-refractivity contribution in [1.82, 2.24) is 15.6 Å². The van der Waals surface area contributed by atoms with E-state index in [1.165, 1.54) is 7.05 Å². The lowest BCUT2D eigenvalue weighted by Gasteiger charge is -2.20. The van der Waals surface area contributed by atoms with Crippen molar-refractivity contribution < 1.29 is 31.9 Å². The Labute approximate surface area is 262 Å². The number of amides is 2. The summed E-state index contributed by atoms with van der Waals surface area (Å²) in [7, 11) is 1.49. The molecule has 0 saturated heterocycles. The van der Waals surface area contributed by atoms with Crippen LogP contribution in [0, 0.1) is 0 Å². The number of pyridine rings is 1. The van der Waals surface area contributed by atoms with Crippen LogP contribution in [-0.4, -0.2) is 42.2 Å². The monoisotopic (exact) mass is 625 g/mol. The van der Waals surface area contributed by atoms with E-state index in [0.29, 0.717) is 40.0 Å². The lowest BCUT2D eigenvalue weighted by atomic mass is 9.96. The Hall–Kier alpha value is -4.34. The number of ether oxygens (including phenoxy) is 1. The molecule has 0 unspecified atom stereocenters. The van der Waals surface area contributed by atoms with E-state index in [9.17, 15) is 22.8 Å². The third-order valence-electron chi connectivity index (χ3n) is 6.67. The largest absolute Gasteiger partial charge is 0.494 e. The van der Waals surface area contributed by atoms with Crippen LogP contribution in [0.1, 0.15) is 87.2 Å². The van der Waals surface area contributed by atoms with Crippen molar-refractivity contribution in [3.05, 3.63) is 71.4 Å². The minimum atomic E-state index is -4.41. The number of hydrogen-bond acceptors (Lipinski definition) is 5. The van der Waals surface area contributed by atoms with Gasteiger partial charge in [0, 0.05) is 35.7 Å². The molecule has 2 aromatic heterocycles. The number of carbonyl (C=O) groups is 2. The van der Waals surface area contributed by atoms with E-state index in [1.54, 1.807) is 54.6 Å². The van der Waals surface area contributed by atoms with E-state index in [-0.39, 0.29) is 28.6 Å². The zero-order valence-corrected chi connectivity index (χ0v) is 26.9. The van der Waals surface area contributed by atoms with Gasteiger partial charge >= 0.3 is 6.18 Å². The average molecular weight is 626 g/mol. The van der Waals surface area contributed by atoms with Crippen molar-refractivity contribution in [3.63, 3.8) is 0 Å². The highest BCUT2D eigenvalue weighted by Gasteiger charge is 2.29. The van der Waals surface area contributed by atoms with Crippen LogP contribution in [0.3, 0.4) is 0 Å². The Kier molecular flexibility index (Phi) is 11.8. The predicted octanol–water partition coefficient (Wildman–Crippen LogP) is 8.75. The first-order valence-electron chi connectivity index (χ1n) is 15.2. The van der Waals surface area contributed by atoms with Crippen molar-refractivity contribution in [2.75, 3.05) is 13.7 Å². The molecule has 10 heteroatoms. The molecule has 0 aliphatic carbocycles. The van der Waals surface area contributed by atoms with Crippen LogP contribution < -0.4 is 15.4 Å². The van der Waals surface area contributed by atoms with Crippen molar-refractivity contribution in [2.45, 2.75) is 78.9 Å². The minimum absolute atomic E-state index is 0.0411. The molecule has 0 fully saturated rings. The van der Waals surface area contributed by atoms with Crippen LogP contribution in [0.2, 0.25) is 0 Å². The third kappa shape index (κ3) is 9.33. The highest BCUT2D eigenvalue weighted by Crippen LogP contribution is 2.38. The van der Waals surface area contributed by atoms with Crippen molar-refractivity contribution in [1.29, 1.82) is 0 Å². The summed E-state index contributed by atoms with van der Waals surface area (Å²) < 4.78 is 51.8. The van der Waals surface area contributed by atoms with Gasteiger partial charge in [-0.1, -0.05) is 39.3 Å². The summed E-state index contributed by atoms with van der Waals surface area (Å²) in [5.74, 6) is 0.143. The maximum absolute atomic E-state index is 13.3. The van der Waals surface area contributed by atoms with Gasteiger partial charge in [-0.3, -0.25) is 9.59 Å². The molecule has 2 heterocycles. The van der Waals surface area contributed by atoms with Crippen LogP contribution >= 0.6 is 0 Å². The number of aryl methyl sites for hydroxylation is 1. The SMILES string of the molecule is CC.CCCCOc1ccc(-c2oc3nc(CCC(F)(F)F)c(-c4cccc(C(=O)NC(C)(C)C)c4)cc3c2C(=O)NC)cc1. The van der Waals surface area contributed by atoms with Crippen LogP contribution in [-0.2, 0) is 6.42 Å². The highest BCUT2D eigenvalue weighted by molar-refractivity contribution is 6.11. The summed E-state index contributed by atoms with van der Waals surface area (Å²) in [6.07, 6.45) is -4.01. The lowest BCUT2D eigenvalue weighted by molar-refractivity contribution is -0.134. The fourth-order valence-electron chi connectivity index (χ4n) is 4.59.